The number of carbonyl (C=O) groups is 1. The molecule has 0 fully saturated rings. The number of aryl methyl sites for hydroxylation is 1. The number of aromatic nitrogens is 2. The highest BCUT2D eigenvalue weighted by atomic mass is 35.5. The molecular formula is C9H16ClN5O3. The number of carbonyl (C=O) groups excluding carboxylic acids is 1. The van der Waals surface area contributed by atoms with Gasteiger partial charge in [0.2, 0.25) is 0 Å². The predicted octanol–water partition coefficient (Wildman–Crippen LogP) is 0.0415. The zero-order valence-electron chi connectivity index (χ0n) is 10.4. The first-order valence-electron chi connectivity index (χ1n) is 5.02. The molecule has 18 heavy (non-hydrogen) atoms. The fourth-order valence-electron chi connectivity index (χ4n) is 1.30. The van der Waals surface area contributed by atoms with Crippen LogP contribution in [-0.2, 0) is 7.05 Å². The van der Waals surface area contributed by atoms with Crippen LogP contribution in [0.4, 0.5) is 5.82 Å². The van der Waals surface area contributed by atoms with Gasteiger partial charge >= 0.3 is 5.82 Å². The molecule has 0 saturated carbocycles. The van der Waals surface area contributed by atoms with E-state index in [-0.39, 0.29) is 23.8 Å². The van der Waals surface area contributed by atoms with Gasteiger partial charge in [-0.2, -0.15) is 0 Å². The van der Waals surface area contributed by atoms with Crippen molar-refractivity contribution in [1.82, 2.24) is 20.0 Å². The van der Waals surface area contributed by atoms with Gasteiger partial charge in [-0.3, -0.25) is 4.79 Å². The Morgan fingerprint density at radius 3 is 2.72 bits per heavy atom. The van der Waals surface area contributed by atoms with Crippen LogP contribution in [0.3, 0.4) is 0 Å². The molecule has 1 rings (SSSR count). The first-order chi connectivity index (χ1) is 7.93. The molecule has 102 valence electrons. The van der Waals surface area contributed by atoms with Crippen molar-refractivity contribution < 1.29 is 9.72 Å². The summed E-state index contributed by atoms with van der Waals surface area (Å²) in [5, 5.41) is 17.1. The molecular weight excluding hydrogens is 262 g/mol. The average Bonchev–Trinajstić information content (AvgIpc) is 2.59. The molecule has 1 amide bonds. The highest BCUT2D eigenvalue weighted by molar-refractivity contribution is 5.97. The van der Waals surface area contributed by atoms with Gasteiger partial charge in [-0.05, 0) is 19.0 Å². The van der Waals surface area contributed by atoms with E-state index >= 15 is 0 Å². The number of hydrogen-bond acceptors (Lipinski definition) is 5. The van der Waals surface area contributed by atoms with Crippen LogP contribution in [0.1, 0.15) is 10.4 Å². The summed E-state index contributed by atoms with van der Waals surface area (Å²) in [5.41, 5.74) is -0.0174. The highest BCUT2D eigenvalue weighted by Gasteiger charge is 2.24. The quantitative estimate of drug-likeness (QED) is 0.606. The Morgan fingerprint density at radius 2 is 2.22 bits per heavy atom. The third kappa shape index (κ3) is 3.97. The minimum absolute atomic E-state index is 0. The first-order valence-corrected chi connectivity index (χ1v) is 5.02. The van der Waals surface area contributed by atoms with E-state index in [1.54, 1.807) is 0 Å². The zero-order valence-corrected chi connectivity index (χ0v) is 11.2. The van der Waals surface area contributed by atoms with Gasteiger partial charge in [0, 0.05) is 13.1 Å². The maximum Gasteiger partial charge on any atom is 0.357 e. The van der Waals surface area contributed by atoms with Crippen LogP contribution >= 0.6 is 12.4 Å². The Bertz CT molecular complexity index is 432. The van der Waals surface area contributed by atoms with Gasteiger partial charge in [0.15, 0.2) is 5.56 Å². The number of hydrogen-bond donors (Lipinski definition) is 1. The van der Waals surface area contributed by atoms with Gasteiger partial charge in [0.05, 0.1) is 6.20 Å². The fraction of sp³-hybridized carbons (Fsp3) is 0.556. The maximum absolute atomic E-state index is 11.7. The number of nitro groups is 1. The van der Waals surface area contributed by atoms with E-state index in [2.05, 4.69) is 10.4 Å². The van der Waals surface area contributed by atoms with Crippen LogP contribution in [0.5, 0.6) is 0 Å². The molecule has 1 aromatic rings. The van der Waals surface area contributed by atoms with E-state index < -0.39 is 10.8 Å². The summed E-state index contributed by atoms with van der Waals surface area (Å²) in [6, 6.07) is 0. The van der Waals surface area contributed by atoms with Crippen molar-refractivity contribution >= 4 is 24.1 Å². The lowest BCUT2D eigenvalue weighted by molar-refractivity contribution is -0.392. The lowest BCUT2D eigenvalue weighted by Gasteiger charge is -2.09. The summed E-state index contributed by atoms with van der Waals surface area (Å²) in [6.07, 6.45) is 1.20. The molecule has 0 aromatic carbocycles. The largest absolute Gasteiger partial charge is 0.358 e. The Balaban J connectivity index is 0.00000289. The fourth-order valence-corrected chi connectivity index (χ4v) is 1.30. The second-order valence-electron chi connectivity index (χ2n) is 3.82. The molecule has 0 aliphatic heterocycles. The molecule has 9 heteroatoms. The second-order valence-corrected chi connectivity index (χ2v) is 3.82. The van der Waals surface area contributed by atoms with E-state index in [0.717, 1.165) is 4.68 Å². The summed E-state index contributed by atoms with van der Waals surface area (Å²) in [6.45, 7) is 1.09. The Hall–Kier alpha value is -1.67. The molecule has 1 heterocycles. The molecule has 0 bridgehead atoms. The van der Waals surface area contributed by atoms with Crippen molar-refractivity contribution in [2.24, 2.45) is 7.05 Å². The van der Waals surface area contributed by atoms with Crippen molar-refractivity contribution in [3.05, 3.63) is 21.9 Å². The summed E-state index contributed by atoms with van der Waals surface area (Å²) in [4.78, 5) is 23.7. The Morgan fingerprint density at radius 1 is 1.61 bits per heavy atom. The summed E-state index contributed by atoms with van der Waals surface area (Å²) in [5.74, 6) is -0.779. The van der Waals surface area contributed by atoms with Crippen LogP contribution in [-0.4, -0.2) is 52.7 Å². The number of nitrogens with zero attached hydrogens (tertiary/aromatic N) is 4. The van der Waals surface area contributed by atoms with Crippen molar-refractivity contribution in [2.75, 3.05) is 27.2 Å². The van der Waals surface area contributed by atoms with Crippen LogP contribution < -0.4 is 5.32 Å². The second kappa shape index (κ2) is 6.92. The standard InChI is InChI=1S/C9H15N5O3.ClH/c1-12(2)5-4-10-8(15)7-6-11-13(3)9(7)14(16)17;/h6H,4-5H2,1-3H3,(H,10,15);1H. The predicted molar refractivity (Wildman–Crippen MR) is 68.0 cm³/mol. The number of nitrogens with one attached hydrogen (secondary N) is 1. The summed E-state index contributed by atoms with van der Waals surface area (Å²) >= 11 is 0. The van der Waals surface area contributed by atoms with Gasteiger partial charge in [0.25, 0.3) is 5.91 Å². The van der Waals surface area contributed by atoms with E-state index in [9.17, 15) is 14.9 Å². The normalized spacial score (nSPS) is 10.0. The molecule has 0 unspecified atom stereocenters. The van der Waals surface area contributed by atoms with E-state index in [1.807, 2.05) is 19.0 Å². The third-order valence-electron chi connectivity index (χ3n) is 2.17. The first kappa shape index (κ1) is 16.3. The number of amides is 1. The van der Waals surface area contributed by atoms with Gasteiger partial charge in [-0.15, -0.1) is 17.1 Å². The van der Waals surface area contributed by atoms with Gasteiger partial charge in [-0.25, -0.2) is 0 Å². The number of halogens is 1. The molecule has 0 aliphatic carbocycles. The smallest absolute Gasteiger partial charge is 0.357 e. The lowest BCUT2D eigenvalue weighted by atomic mass is 10.3. The van der Waals surface area contributed by atoms with E-state index in [1.165, 1.54) is 13.2 Å². The minimum Gasteiger partial charge on any atom is -0.358 e. The Labute approximate surface area is 111 Å². The van der Waals surface area contributed by atoms with E-state index in [4.69, 9.17) is 0 Å². The lowest BCUT2D eigenvalue weighted by Crippen LogP contribution is -2.31. The number of likely N-dealkylation sites (N-methyl/N-ethyl adjacent to an activating group) is 1. The van der Waals surface area contributed by atoms with Gasteiger partial charge in [-0.1, -0.05) is 5.10 Å². The van der Waals surface area contributed by atoms with Crippen molar-refractivity contribution in [3.63, 3.8) is 0 Å². The molecule has 1 N–H and O–H groups in total. The maximum atomic E-state index is 11.7. The third-order valence-corrected chi connectivity index (χ3v) is 2.17. The monoisotopic (exact) mass is 277 g/mol. The van der Waals surface area contributed by atoms with Crippen molar-refractivity contribution in [2.45, 2.75) is 0 Å². The SMILES string of the molecule is CN(C)CCNC(=O)c1cnn(C)c1[N+](=O)[O-].Cl. The molecule has 0 aliphatic rings. The van der Waals surface area contributed by atoms with Crippen LogP contribution in [0.15, 0.2) is 6.20 Å². The van der Waals surface area contributed by atoms with Gasteiger partial charge in [0.1, 0.15) is 7.05 Å². The molecule has 1 aromatic heterocycles. The molecule has 0 atom stereocenters. The Kier molecular flexibility index (Phi) is 6.28. The molecule has 8 nitrogen and oxygen atoms in total. The highest BCUT2D eigenvalue weighted by Crippen LogP contribution is 2.16. The topological polar surface area (TPSA) is 93.3 Å². The average molecular weight is 278 g/mol. The summed E-state index contributed by atoms with van der Waals surface area (Å²) < 4.78 is 1.07. The minimum atomic E-state index is -0.617. The van der Waals surface area contributed by atoms with Crippen LogP contribution in [0.2, 0.25) is 0 Å². The molecule has 0 radical (unpaired) electrons. The van der Waals surface area contributed by atoms with Gasteiger partial charge < -0.3 is 20.3 Å². The molecule has 0 saturated heterocycles. The van der Waals surface area contributed by atoms with Crippen molar-refractivity contribution in [3.8, 4) is 0 Å². The molecule has 0 spiro atoms. The van der Waals surface area contributed by atoms with E-state index in [0.29, 0.717) is 13.1 Å². The van der Waals surface area contributed by atoms with Crippen LogP contribution in [0.25, 0.3) is 0 Å². The van der Waals surface area contributed by atoms with Crippen molar-refractivity contribution in [1.29, 1.82) is 0 Å². The number of rotatable bonds is 5. The summed E-state index contributed by atoms with van der Waals surface area (Å²) in [7, 11) is 5.17. The zero-order chi connectivity index (χ0) is 13.0. The van der Waals surface area contributed by atoms with Crippen LogP contribution in [0, 0.1) is 10.1 Å².